The molecule has 11 heteroatoms. The van der Waals surface area contributed by atoms with Crippen molar-refractivity contribution < 1.29 is 19.1 Å². The highest BCUT2D eigenvalue weighted by molar-refractivity contribution is 6.30. The quantitative estimate of drug-likeness (QED) is 0.350. The standard InChI is InChI=1S/C25H27ClN6O4/c1-6-35-24(33)17-13-31(4)22(19(17)25(34)36-7-2)21(15-8-10-16(26)11-9-15)27-18-12-14(3)20-23(28-18)32(5)30-29-20/h8-13,21H,6-7H2,1-5H3,(H,27,28). The van der Waals surface area contributed by atoms with Gasteiger partial charge >= 0.3 is 11.9 Å². The Kier molecular flexibility index (Phi) is 7.25. The number of esters is 2. The maximum absolute atomic E-state index is 13.2. The lowest BCUT2D eigenvalue weighted by molar-refractivity contribution is 0.0479. The van der Waals surface area contributed by atoms with Gasteiger partial charge in [0, 0.05) is 25.3 Å². The maximum Gasteiger partial charge on any atom is 0.340 e. The molecule has 0 amide bonds. The van der Waals surface area contributed by atoms with E-state index < -0.39 is 18.0 Å². The van der Waals surface area contributed by atoms with Crippen LogP contribution in [0.25, 0.3) is 11.2 Å². The van der Waals surface area contributed by atoms with E-state index in [1.165, 1.54) is 0 Å². The summed E-state index contributed by atoms with van der Waals surface area (Å²) in [5, 5.41) is 12.2. The van der Waals surface area contributed by atoms with E-state index in [0.29, 0.717) is 27.7 Å². The van der Waals surface area contributed by atoms with Crippen molar-refractivity contribution in [1.29, 1.82) is 0 Å². The van der Waals surface area contributed by atoms with Crippen LogP contribution in [0.3, 0.4) is 0 Å². The highest BCUT2D eigenvalue weighted by Gasteiger charge is 2.32. The number of carbonyl (C=O) groups excluding carboxylic acids is 2. The minimum atomic E-state index is -0.618. The number of rotatable bonds is 8. The Hall–Kier alpha value is -3.92. The normalized spacial score (nSPS) is 11.9. The molecule has 0 fully saturated rings. The smallest absolute Gasteiger partial charge is 0.340 e. The SMILES string of the molecule is CCOC(=O)c1cn(C)c(C(Nc2cc(C)c3nnn(C)c3n2)c2ccc(Cl)cc2)c1C(=O)OCC. The molecule has 0 radical (unpaired) electrons. The van der Waals surface area contributed by atoms with Gasteiger partial charge < -0.3 is 19.4 Å². The second-order valence-corrected chi connectivity index (χ2v) is 8.63. The number of halogens is 1. The van der Waals surface area contributed by atoms with Crippen molar-refractivity contribution in [3.05, 3.63) is 69.5 Å². The fourth-order valence-electron chi connectivity index (χ4n) is 4.11. The van der Waals surface area contributed by atoms with E-state index in [9.17, 15) is 9.59 Å². The van der Waals surface area contributed by atoms with Crippen molar-refractivity contribution in [2.45, 2.75) is 26.8 Å². The summed E-state index contributed by atoms with van der Waals surface area (Å²) in [4.78, 5) is 30.7. The minimum absolute atomic E-state index is 0.129. The van der Waals surface area contributed by atoms with Gasteiger partial charge in [-0.1, -0.05) is 28.9 Å². The zero-order valence-electron chi connectivity index (χ0n) is 20.7. The zero-order chi connectivity index (χ0) is 26.0. The van der Waals surface area contributed by atoms with Crippen molar-refractivity contribution in [3.8, 4) is 0 Å². The zero-order valence-corrected chi connectivity index (χ0v) is 21.5. The van der Waals surface area contributed by atoms with Crippen LogP contribution >= 0.6 is 11.6 Å². The first-order valence-corrected chi connectivity index (χ1v) is 11.8. The number of benzene rings is 1. The number of nitrogens with zero attached hydrogens (tertiary/aromatic N) is 5. The molecule has 1 aromatic carbocycles. The van der Waals surface area contributed by atoms with Crippen molar-refractivity contribution in [2.24, 2.45) is 14.1 Å². The Labute approximate surface area is 213 Å². The molecule has 36 heavy (non-hydrogen) atoms. The molecule has 1 N–H and O–H groups in total. The summed E-state index contributed by atoms with van der Waals surface area (Å²) in [6.07, 6.45) is 1.58. The molecule has 0 aliphatic carbocycles. The number of aromatic nitrogens is 5. The van der Waals surface area contributed by atoms with Crippen molar-refractivity contribution in [2.75, 3.05) is 18.5 Å². The summed E-state index contributed by atoms with van der Waals surface area (Å²) in [5.41, 5.74) is 3.76. The van der Waals surface area contributed by atoms with Gasteiger partial charge in [0.15, 0.2) is 5.65 Å². The van der Waals surface area contributed by atoms with Crippen LogP contribution in [0.2, 0.25) is 5.02 Å². The largest absolute Gasteiger partial charge is 0.462 e. The molecule has 3 aromatic heterocycles. The van der Waals surface area contributed by atoms with Crippen LogP contribution in [0.15, 0.2) is 36.5 Å². The van der Waals surface area contributed by atoms with E-state index in [1.54, 1.807) is 55.5 Å². The van der Waals surface area contributed by atoms with Gasteiger partial charge in [-0.2, -0.15) is 0 Å². The molecule has 4 aromatic rings. The number of carbonyl (C=O) groups is 2. The van der Waals surface area contributed by atoms with Gasteiger partial charge in [-0.05, 0) is 50.1 Å². The molecule has 188 valence electrons. The van der Waals surface area contributed by atoms with E-state index >= 15 is 0 Å². The Morgan fingerprint density at radius 1 is 1.08 bits per heavy atom. The fourth-order valence-corrected chi connectivity index (χ4v) is 4.24. The third-order valence-electron chi connectivity index (χ3n) is 5.72. The first-order valence-electron chi connectivity index (χ1n) is 11.5. The summed E-state index contributed by atoms with van der Waals surface area (Å²) in [5.74, 6) is -0.681. The number of fused-ring (bicyclic) bond motifs is 1. The van der Waals surface area contributed by atoms with E-state index in [-0.39, 0.29) is 24.3 Å². The number of nitrogens with one attached hydrogen (secondary N) is 1. The van der Waals surface area contributed by atoms with E-state index in [1.807, 2.05) is 25.1 Å². The number of hydrogen-bond acceptors (Lipinski definition) is 8. The Balaban J connectivity index is 1.92. The molecule has 1 atom stereocenters. The first-order chi connectivity index (χ1) is 17.2. The molecule has 0 aliphatic heterocycles. The van der Waals surface area contributed by atoms with Gasteiger partial charge in [0.05, 0.1) is 36.1 Å². The molecule has 0 saturated carbocycles. The Morgan fingerprint density at radius 2 is 1.75 bits per heavy atom. The van der Waals surface area contributed by atoms with Gasteiger partial charge in [0.25, 0.3) is 0 Å². The third-order valence-corrected chi connectivity index (χ3v) is 5.97. The monoisotopic (exact) mass is 510 g/mol. The van der Waals surface area contributed by atoms with E-state index in [0.717, 1.165) is 11.1 Å². The van der Waals surface area contributed by atoms with Crippen LogP contribution in [0.4, 0.5) is 5.82 Å². The van der Waals surface area contributed by atoms with Gasteiger partial charge in [-0.15, -0.1) is 5.10 Å². The number of hydrogen-bond donors (Lipinski definition) is 1. The molecule has 0 bridgehead atoms. The van der Waals surface area contributed by atoms with Crippen LogP contribution < -0.4 is 5.32 Å². The molecule has 1 unspecified atom stereocenters. The Bertz CT molecular complexity index is 1430. The second kappa shape index (κ2) is 10.4. The summed E-state index contributed by atoms with van der Waals surface area (Å²) in [6, 6.07) is 8.49. The average molecular weight is 511 g/mol. The number of ether oxygens (including phenoxy) is 2. The van der Waals surface area contributed by atoms with Crippen molar-refractivity contribution in [3.63, 3.8) is 0 Å². The third kappa shape index (κ3) is 4.76. The lowest BCUT2D eigenvalue weighted by Crippen LogP contribution is -2.21. The number of anilines is 1. The molecule has 0 spiro atoms. The minimum Gasteiger partial charge on any atom is -0.462 e. The summed E-state index contributed by atoms with van der Waals surface area (Å²) >= 11 is 6.16. The van der Waals surface area contributed by atoms with Crippen molar-refractivity contribution >= 4 is 40.5 Å². The molecule has 3 heterocycles. The van der Waals surface area contributed by atoms with Crippen LogP contribution in [0.5, 0.6) is 0 Å². The van der Waals surface area contributed by atoms with Crippen LogP contribution in [-0.2, 0) is 23.6 Å². The predicted molar refractivity (Wildman–Crippen MR) is 135 cm³/mol. The fraction of sp³-hybridized carbons (Fsp3) is 0.320. The Morgan fingerprint density at radius 3 is 2.42 bits per heavy atom. The number of aryl methyl sites for hydroxylation is 3. The molecule has 10 nitrogen and oxygen atoms in total. The van der Waals surface area contributed by atoms with E-state index in [4.69, 9.17) is 26.1 Å². The predicted octanol–water partition coefficient (Wildman–Crippen LogP) is 4.22. The number of pyridine rings is 1. The first kappa shape index (κ1) is 25.2. The van der Waals surface area contributed by atoms with Crippen LogP contribution in [0.1, 0.15) is 57.4 Å². The lowest BCUT2D eigenvalue weighted by atomic mass is 9.98. The molecule has 4 rings (SSSR count). The van der Waals surface area contributed by atoms with Gasteiger partial charge in [-0.3, -0.25) is 0 Å². The second-order valence-electron chi connectivity index (χ2n) is 8.19. The lowest BCUT2D eigenvalue weighted by Gasteiger charge is -2.23. The molecular weight excluding hydrogens is 484 g/mol. The molecular formula is C25H27ClN6O4. The highest BCUT2D eigenvalue weighted by Crippen LogP contribution is 2.33. The topological polar surface area (TPSA) is 113 Å². The maximum atomic E-state index is 13.2. The summed E-state index contributed by atoms with van der Waals surface area (Å²) in [6.45, 7) is 5.67. The molecule has 0 aliphatic rings. The highest BCUT2D eigenvalue weighted by atomic mass is 35.5. The summed E-state index contributed by atoms with van der Waals surface area (Å²) < 4.78 is 13.9. The summed E-state index contributed by atoms with van der Waals surface area (Å²) in [7, 11) is 3.53. The van der Waals surface area contributed by atoms with Gasteiger partial charge in [-0.25, -0.2) is 19.3 Å². The average Bonchev–Trinajstić information content (AvgIpc) is 3.39. The van der Waals surface area contributed by atoms with Gasteiger partial charge in [0.2, 0.25) is 0 Å². The van der Waals surface area contributed by atoms with Crippen LogP contribution in [0, 0.1) is 6.92 Å². The van der Waals surface area contributed by atoms with Gasteiger partial charge in [0.1, 0.15) is 11.3 Å². The van der Waals surface area contributed by atoms with Crippen molar-refractivity contribution in [1.82, 2.24) is 24.5 Å². The van der Waals surface area contributed by atoms with E-state index in [2.05, 4.69) is 15.6 Å². The molecule has 0 saturated heterocycles. The van der Waals surface area contributed by atoms with Crippen LogP contribution in [-0.4, -0.2) is 49.7 Å².